The summed E-state index contributed by atoms with van der Waals surface area (Å²) in [5, 5.41) is 2.73. The largest absolute Gasteiger partial charge is 0.495 e. The van der Waals surface area contributed by atoms with Gasteiger partial charge in [-0.1, -0.05) is 31.2 Å². The molecule has 0 aliphatic heterocycles. The summed E-state index contributed by atoms with van der Waals surface area (Å²) in [6, 6.07) is 14.5. The number of carbonyl (C=O) groups is 2. The van der Waals surface area contributed by atoms with Gasteiger partial charge in [-0.3, -0.25) is 4.79 Å². The topological polar surface area (TPSA) is 73.9 Å². The molecule has 6 heteroatoms. The van der Waals surface area contributed by atoms with E-state index in [4.69, 9.17) is 14.2 Å². The molecule has 6 nitrogen and oxygen atoms in total. The van der Waals surface area contributed by atoms with Crippen LogP contribution in [0.25, 0.3) is 0 Å². The Hall–Kier alpha value is -3.02. The quantitative estimate of drug-likeness (QED) is 0.716. The fourth-order valence-electron chi connectivity index (χ4n) is 2.42. The van der Waals surface area contributed by atoms with Gasteiger partial charge in [-0.25, -0.2) is 4.79 Å². The smallest absolute Gasteiger partial charge is 0.348 e. The molecule has 2 aromatic carbocycles. The number of amides is 1. The first kappa shape index (κ1) is 20.3. The van der Waals surface area contributed by atoms with E-state index < -0.39 is 24.1 Å². The van der Waals surface area contributed by atoms with Crippen molar-refractivity contribution in [3.8, 4) is 11.5 Å². The highest BCUT2D eigenvalue weighted by atomic mass is 16.6. The third-order valence-corrected chi connectivity index (χ3v) is 3.93. The minimum absolute atomic E-state index is 0.424. The van der Waals surface area contributed by atoms with Crippen molar-refractivity contribution in [1.29, 1.82) is 0 Å². The molecule has 1 amide bonds. The van der Waals surface area contributed by atoms with Crippen molar-refractivity contribution in [3.63, 3.8) is 0 Å². The number of aryl methyl sites for hydroxylation is 1. The number of rotatable bonds is 8. The Morgan fingerprint density at radius 1 is 1.11 bits per heavy atom. The zero-order valence-electron chi connectivity index (χ0n) is 16.0. The van der Waals surface area contributed by atoms with Gasteiger partial charge in [0.2, 0.25) is 0 Å². The maximum absolute atomic E-state index is 12.4. The van der Waals surface area contributed by atoms with Crippen LogP contribution in [0.15, 0.2) is 48.5 Å². The lowest BCUT2D eigenvalue weighted by atomic mass is 10.2. The van der Waals surface area contributed by atoms with Gasteiger partial charge >= 0.3 is 5.97 Å². The van der Waals surface area contributed by atoms with Crippen LogP contribution in [0.4, 0.5) is 5.69 Å². The predicted octanol–water partition coefficient (Wildman–Crippen LogP) is 3.73. The fraction of sp³-hybridized carbons (Fsp3) is 0.333. The molecule has 0 radical (unpaired) electrons. The maximum Gasteiger partial charge on any atom is 0.348 e. The van der Waals surface area contributed by atoms with Gasteiger partial charge in [0.15, 0.2) is 12.2 Å². The van der Waals surface area contributed by atoms with Crippen molar-refractivity contribution < 1.29 is 23.8 Å². The lowest BCUT2D eigenvalue weighted by Gasteiger charge is -2.20. The number of nitrogens with one attached hydrogen (secondary N) is 1. The SMILES string of the molecule is CC[C@@H](Oc1ccccc1)C(=O)O[C@H](C)C(=O)Nc1cc(C)ccc1OC. The summed E-state index contributed by atoms with van der Waals surface area (Å²) in [4.78, 5) is 24.8. The third-order valence-electron chi connectivity index (χ3n) is 3.93. The number of esters is 1. The highest BCUT2D eigenvalue weighted by Crippen LogP contribution is 2.25. The fourth-order valence-corrected chi connectivity index (χ4v) is 2.42. The normalized spacial score (nSPS) is 12.6. The number of anilines is 1. The van der Waals surface area contributed by atoms with Crippen LogP contribution in [0, 0.1) is 6.92 Å². The monoisotopic (exact) mass is 371 g/mol. The van der Waals surface area contributed by atoms with Crippen molar-refractivity contribution >= 4 is 17.6 Å². The molecule has 0 spiro atoms. The molecule has 2 aromatic rings. The molecule has 1 N–H and O–H groups in total. The van der Waals surface area contributed by atoms with E-state index in [-0.39, 0.29) is 0 Å². The maximum atomic E-state index is 12.4. The second-order valence-electron chi connectivity index (χ2n) is 6.10. The van der Waals surface area contributed by atoms with Crippen LogP contribution in [0.2, 0.25) is 0 Å². The van der Waals surface area contributed by atoms with Crippen LogP contribution >= 0.6 is 0 Å². The average Bonchev–Trinajstić information content (AvgIpc) is 2.66. The van der Waals surface area contributed by atoms with E-state index in [1.54, 1.807) is 24.3 Å². The average molecular weight is 371 g/mol. The minimum atomic E-state index is -0.976. The number of benzene rings is 2. The van der Waals surface area contributed by atoms with E-state index in [9.17, 15) is 9.59 Å². The molecular weight excluding hydrogens is 346 g/mol. The molecule has 0 heterocycles. The first-order chi connectivity index (χ1) is 12.9. The lowest BCUT2D eigenvalue weighted by molar-refractivity contribution is -0.160. The molecule has 2 atom stereocenters. The number of para-hydroxylation sites is 1. The Kier molecular flexibility index (Phi) is 7.23. The molecule has 144 valence electrons. The first-order valence-electron chi connectivity index (χ1n) is 8.82. The van der Waals surface area contributed by atoms with Crippen LogP contribution in [0.5, 0.6) is 11.5 Å². The van der Waals surface area contributed by atoms with Gasteiger partial charge in [0, 0.05) is 0 Å². The lowest BCUT2D eigenvalue weighted by Crippen LogP contribution is -2.36. The van der Waals surface area contributed by atoms with Gasteiger partial charge in [-0.2, -0.15) is 0 Å². The molecular formula is C21H25NO5. The zero-order chi connectivity index (χ0) is 19.8. The van der Waals surface area contributed by atoms with Gasteiger partial charge in [0.05, 0.1) is 12.8 Å². The Balaban J connectivity index is 1.98. The number of hydrogen-bond acceptors (Lipinski definition) is 5. The standard InChI is InChI=1S/C21H25NO5/c1-5-18(27-16-9-7-6-8-10-16)21(24)26-15(3)20(23)22-17-13-14(2)11-12-19(17)25-4/h6-13,15,18H,5H2,1-4H3,(H,22,23)/t15-,18-/m1/s1. The van der Waals surface area contributed by atoms with E-state index in [0.717, 1.165) is 5.56 Å². The molecule has 0 aliphatic rings. The van der Waals surface area contributed by atoms with Crippen molar-refractivity contribution in [2.24, 2.45) is 0 Å². The summed E-state index contributed by atoms with van der Waals surface area (Å²) >= 11 is 0. The van der Waals surface area contributed by atoms with Crippen LogP contribution < -0.4 is 14.8 Å². The van der Waals surface area contributed by atoms with Gasteiger partial charge in [-0.05, 0) is 50.1 Å². The zero-order valence-corrected chi connectivity index (χ0v) is 16.0. The summed E-state index contributed by atoms with van der Waals surface area (Å²) in [5.74, 6) is 0.0799. The van der Waals surface area contributed by atoms with E-state index in [0.29, 0.717) is 23.6 Å². The Bertz CT molecular complexity index is 775. The van der Waals surface area contributed by atoms with E-state index in [1.807, 2.05) is 38.1 Å². The molecule has 0 aliphatic carbocycles. The Morgan fingerprint density at radius 2 is 1.81 bits per heavy atom. The molecule has 0 unspecified atom stereocenters. The van der Waals surface area contributed by atoms with Gasteiger partial charge in [0.25, 0.3) is 5.91 Å². The third kappa shape index (κ3) is 5.74. The number of ether oxygens (including phenoxy) is 3. The first-order valence-corrected chi connectivity index (χ1v) is 8.82. The molecule has 0 saturated heterocycles. The summed E-state index contributed by atoms with van der Waals surface area (Å²) in [7, 11) is 1.52. The number of methoxy groups -OCH3 is 1. The van der Waals surface area contributed by atoms with Crippen LogP contribution in [-0.4, -0.2) is 31.2 Å². The molecule has 0 aromatic heterocycles. The van der Waals surface area contributed by atoms with Crippen LogP contribution in [-0.2, 0) is 14.3 Å². The molecule has 0 saturated carbocycles. The van der Waals surface area contributed by atoms with Crippen molar-refractivity contribution in [1.82, 2.24) is 0 Å². The van der Waals surface area contributed by atoms with Crippen LogP contribution in [0.1, 0.15) is 25.8 Å². The van der Waals surface area contributed by atoms with E-state index >= 15 is 0 Å². The highest BCUT2D eigenvalue weighted by molar-refractivity contribution is 5.96. The summed E-state index contributed by atoms with van der Waals surface area (Å²) < 4.78 is 16.2. The molecule has 0 fully saturated rings. The van der Waals surface area contributed by atoms with E-state index in [2.05, 4.69) is 5.32 Å². The van der Waals surface area contributed by atoms with Crippen molar-refractivity contribution in [2.75, 3.05) is 12.4 Å². The molecule has 27 heavy (non-hydrogen) atoms. The second-order valence-corrected chi connectivity index (χ2v) is 6.10. The predicted molar refractivity (Wildman–Crippen MR) is 103 cm³/mol. The minimum Gasteiger partial charge on any atom is -0.495 e. The van der Waals surface area contributed by atoms with Gasteiger partial charge < -0.3 is 19.5 Å². The number of carbonyl (C=O) groups excluding carboxylic acids is 2. The molecule has 0 bridgehead atoms. The van der Waals surface area contributed by atoms with Crippen LogP contribution in [0.3, 0.4) is 0 Å². The van der Waals surface area contributed by atoms with Crippen molar-refractivity contribution in [3.05, 3.63) is 54.1 Å². The van der Waals surface area contributed by atoms with Gasteiger partial charge in [0.1, 0.15) is 11.5 Å². The summed E-state index contributed by atoms with van der Waals surface area (Å²) in [6.45, 7) is 5.24. The summed E-state index contributed by atoms with van der Waals surface area (Å²) in [5.41, 5.74) is 1.50. The van der Waals surface area contributed by atoms with Crippen molar-refractivity contribution in [2.45, 2.75) is 39.4 Å². The van der Waals surface area contributed by atoms with Gasteiger partial charge in [-0.15, -0.1) is 0 Å². The Labute approximate surface area is 159 Å². The highest BCUT2D eigenvalue weighted by Gasteiger charge is 2.25. The second kappa shape index (κ2) is 9.62. The molecule has 2 rings (SSSR count). The Morgan fingerprint density at radius 3 is 2.44 bits per heavy atom. The summed E-state index contributed by atoms with van der Waals surface area (Å²) in [6.07, 6.45) is -1.33. The van der Waals surface area contributed by atoms with E-state index in [1.165, 1.54) is 14.0 Å². The number of hydrogen-bond donors (Lipinski definition) is 1.